The van der Waals surface area contributed by atoms with Gasteiger partial charge >= 0.3 is 0 Å². The molecule has 0 aliphatic carbocycles. The number of amides is 1. The lowest BCUT2D eigenvalue weighted by Crippen LogP contribution is -2.47. The van der Waals surface area contributed by atoms with E-state index >= 15 is 0 Å². The molecule has 1 heterocycles. The summed E-state index contributed by atoms with van der Waals surface area (Å²) in [6, 6.07) is 0.557. The van der Waals surface area contributed by atoms with Crippen molar-refractivity contribution >= 4 is 5.91 Å². The van der Waals surface area contributed by atoms with Crippen molar-refractivity contribution in [3.8, 4) is 0 Å². The van der Waals surface area contributed by atoms with Gasteiger partial charge in [0.2, 0.25) is 5.91 Å². The molecule has 1 fully saturated rings. The van der Waals surface area contributed by atoms with Gasteiger partial charge in [-0.15, -0.1) is 0 Å². The van der Waals surface area contributed by atoms with Gasteiger partial charge in [0.15, 0.2) is 0 Å². The number of carbonyl (C=O) groups is 1. The number of hydrogen-bond donors (Lipinski definition) is 1. The molecule has 13 heavy (non-hydrogen) atoms. The molecule has 0 saturated carbocycles. The summed E-state index contributed by atoms with van der Waals surface area (Å²) in [6.45, 7) is 2.60. The second kappa shape index (κ2) is 4.99. The highest BCUT2D eigenvalue weighted by molar-refractivity contribution is 5.85. The van der Waals surface area contributed by atoms with Crippen LogP contribution in [-0.4, -0.2) is 43.7 Å². The standard InChI is InChI=1S/C9H16N2O2/c1-11(8-6-13-7-8)5-3-2-4-9(10)12/h2,4,8H,3,5-7H2,1H3,(H2,10,12). The molecule has 0 atom stereocenters. The van der Waals surface area contributed by atoms with Gasteiger partial charge in [0.25, 0.3) is 0 Å². The van der Waals surface area contributed by atoms with Crippen molar-refractivity contribution in [3.63, 3.8) is 0 Å². The Morgan fingerprint density at radius 2 is 2.38 bits per heavy atom. The predicted octanol–water partition coefficient (Wildman–Crippen LogP) is -0.251. The Morgan fingerprint density at radius 1 is 1.69 bits per heavy atom. The number of likely N-dealkylation sites (N-methyl/N-ethyl adjacent to an activating group) is 1. The summed E-state index contributed by atoms with van der Waals surface area (Å²) < 4.78 is 5.07. The molecule has 0 aromatic carbocycles. The van der Waals surface area contributed by atoms with E-state index in [9.17, 15) is 4.79 Å². The summed E-state index contributed by atoms with van der Waals surface area (Å²) >= 11 is 0. The number of carbonyl (C=O) groups excluding carboxylic acids is 1. The van der Waals surface area contributed by atoms with Crippen LogP contribution in [0.1, 0.15) is 6.42 Å². The molecule has 4 heteroatoms. The Labute approximate surface area is 78.3 Å². The van der Waals surface area contributed by atoms with Crippen LogP contribution < -0.4 is 5.73 Å². The lowest BCUT2D eigenvalue weighted by atomic mass is 10.2. The van der Waals surface area contributed by atoms with Crippen LogP contribution in [0.15, 0.2) is 12.2 Å². The highest BCUT2D eigenvalue weighted by atomic mass is 16.5. The second-order valence-corrected chi connectivity index (χ2v) is 3.27. The Hall–Kier alpha value is -0.870. The molecular formula is C9H16N2O2. The summed E-state index contributed by atoms with van der Waals surface area (Å²) in [5.41, 5.74) is 4.95. The van der Waals surface area contributed by atoms with Crippen molar-refractivity contribution in [1.29, 1.82) is 0 Å². The molecular weight excluding hydrogens is 168 g/mol. The predicted molar refractivity (Wildman–Crippen MR) is 50.2 cm³/mol. The Morgan fingerprint density at radius 3 is 2.85 bits per heavy atom. The van der Waals surface area contributed by atoms with Crippen molar-refractivity contribution in [2.75, 3.05) is 26.8 Å². The molecule has 0 aromatic heterocycles. The van der Waals surface area contributed by atoms with Crippen molar-refractivity contribution in [3.05, 3.63) is 12.2 Å². The smallest absolute Gasteiger partial charge is 0.241 e. The molecule has 1 amide bonds. The first-order chi connectivity index (χ1) is 6.20. The first-order valence-electron chi connectivity index (χ1n) is 4.44. The fourth-order valence-corrected chi connectivity index (χ4v) is 1.14. The highest BCUT2D eigenvalue weighted by Crippen LogP contribution is 2.08. The maximum Gasteiger partial charge on any atom is 0.241 e. The van der Waals surface area contributed by atoms with Gasteiger partial charge in [0.05, 0.1) is 19.3 Å². The molecule has 4 nitrogen and oxygen atoms in total. The van der Waals surface area contributed by atoms with E-state index in [4.69, 9.17) is 10.5 Å². The minimum absolute atomic E-state index is 0.380. The monoisotopic (exact) mass is 184 g/mol. The molecule has 0 unspecified atom stereocenters. The van der Waals surface area contributed by atoms with Crippen molar-refractivity contribution < 1.29 is 9.53 Å². The van der Waals surface area contributed by atoms with Crippen LogP contribution >= 0.6 is 0 Å². The van der Waals surface area contributed by atoms with E-state index in [0.717, 1.165) is 26.2 Å². The Kier molecular flexibility index (Phi) is 3.92. The molecule has 1 aliphatic rings. The number of nitrogens with zero attached hydrogens (tertiary/aromatic N) is 1. The van der Waals surface area contributed by atoms with Crippen LogP contribution in [-0.2, 0) is 9.53 Å². The number of hydrogen-bond acceptors (Lipinski definition) is 3. The Bertz CT molecular complexity index is 200. The van der Waals surface area contributed by atoms with Gasteiger partial charge in [0.1, 0.15) is 0 Å². The zero-order valence-electron chi connectivity index (χ0n) is 7.90. The quantitative estimate of drug-likeness (QED) is 0.599. The fraction of sp³-hybridized carbons (Fsp3) is 0.667. The van der Waals surface area contributed by atoms with E-state index in [1.807, 2.05) is 0 Å². The molecule has 74 valence electrons. The summed E-state index contributed by atoms with van der Waals surface area (Å²) in [6.07, 6.45) is 4.07. The summed E-state index contributed by atoms with van der Waals surface area (Å²) in [4.78, 5) is 12.6. The van der Waals surface area contributed by atoms with Gasteiger partial charge in [-0.2, -0.15) is 0 Å². The molecule has 1 aliphatic heterocycles. The van der Waals surface area contributed by atoms with Crippen LogP contribution in [0, 0.1) is 0 Å². The minimum atomic E-state index is -0.380. The zero-order chi connectivity index (χ0) is 9.68. The van der Waals surface area contributed by atoms with Gasteiger partial charge in [0, 0.05) is 6.54 Å². The Balaban J connectivity index is 2.07. The van der Waals surface area contributed by atoms with E-state index in [2.05, 4.69) is 11.9 Å². The topological polar surface area (TPSA) is 55.6 Å². The van der Waals surface area contributed by atoms with E-state index in [0.29, 0.717) is 6.04 Å². The third-order valence-corrected chi connectivity index (χ3v) is 2.17. The van der Waals surface area contributed by atoms with E-state index in [1.165, 1.54) is 6.08 Å². The van der Waals surface area contributed by atoms with Crippen LogP contribution in [0.2, 0.25) is 0 Å². The van der Waals surface area contributed by atoms with Crippen LogP contribution in [0.25, 0.3) is 0 Å². The number of rotatable bonds is 5. The van der Waals surface area contributed by atoms with Gasteiger partial charge in [-0.25, -0.2) is 0 Å². The van der Waals surface area contributed by atoms with Gasteiger partial charge in [-0.1, -0.05) is 6.08 Å². The van der Waals surface area contributed by atoms with Crippen LogP contribution in [0.5, 0.6) is 0 Å². The van der Waals surface area contributed by atoms with Crippen LogP contribution in [0.4, 0.5) is 0 Å². The molecule has 1 saturated heterocycles. The SMILES string of the molecule is CN(CCC=CC(N)=O)C1COC1. The summed E-state index contributed by atoms with van der Waals surface area (Å²) in [5.74, 6) is -0.380. The third-order valence-electron chi connectivity index (χ3n) is 2.17. The maximum atomic E-state index is 10.3. The average Bonchev–Trinajstić information content (AvgIpc) is 1.94. The summed E-state index contributed by atoms with van der Waals surface area (Å²) in [5, 5.41) is 0. The van der Waals surface area contributed by atoms with E-state index in [-0.39, 0.29) is 5.91 Å². The molecule has 0 spiro atoms. The van der Waals surface area contributed by atoms with Gasteiger partial charge in [-0.3, -0.25) is 9.69 Å². The largest absolute Gasteiger partial charge is 0.378 e. The lowest BCUT2D eigenvalue weighted by molar-refractivity contribution is -0.113. The molecule has 1 rings (SSSR count). The minimum Gasteiger partial charge on any atom is -0.378 e. The number of ether oxygens (including phenoxy) is 1. The number of primary amides is 1. The molecule has 0 bridgehead atoms. The lowest BCUT2D eigenvalue weighted by Gasteiger charge is -2.34. The highest BCUT2D eigenvalue weighted by Gasteiger charge is 2.21. The average molecular weight is 184 g/mol. The van der Waals surface area contributed by atoms with Crippen LogP contribution in [0.3, 0.4) is 0 Å². The fourth-order valence-electron chi connectivity index (χ4n) is 1.14. The van der Waals surface area contributed by atoms with E-state index in [1.54, 1.807) is 6.08 Å². The van der Waals surface area contributed by atoms with Crippen molar-refractivity contribution in [2.45, 2.75) is 12.5 Å². The first-order valence-corrected chi connectivity index (χ1v) is 4.44. The molecule has 2 N–H and O–H groups in total. The van der Waals surface area contributed by atoms with Crippen molar-refractivity contribution in [1.82, 2.24) is 4.90 Å². The second-order valence-electron chi connectivity index (χ2n) is 3.27. The normalized spacial score (nSPS) is 18.0. The first kappa shape index (κ1) is 10.2. The molecule has 0 radical (unpaired) electrons. The molecule has 0 aromatic rings. The van der Waals surface area contributed by atoms with Gasteiger partial charge in [-0.05, 0) is 19.5 Å². The van der Waals surface area contributed by atoms with E-state index < -0.39 is 0 Å². The van der Waals surface area contributed by atoms with Crippen molar-refractivity contribution in [2.24, 2.45) is 5.73 Å². The van der Waals surface area contributed by atoms with Gasteiger partial charge < -0.3 is 10.5 Å². The zero-order valence-corrected chi connectivity index (χ0v) is 7.90. The number of nitrogens with two attached hydrogens (primary N) is 1. The maximum absolute atomic E-state index is 10.3. The third kappa shape index (κ3) is 3.57. The summed E-state index contributed by atoms with van der Waals surface area (Å²) in [7, 11) is 2.06.